The van der Waals surface area contributed by atoms with Crippen molar-refractivity contribution in [1.29, 1.82) is 0 Å². The van der Waals surface area contributed by atoms with Crippen LogP contribution < -0.4 is 5.73 Å². The number of carbonyl (C=O) groups is 1. The molecule has 4 nitrogen and oxygen atoms in total. The molecule has 0 aromatic rings. The van der Waals surface area contributed by atoms with E-state index < -0.39 is 0 Å². The first kappa shape index (κ1) is 15.4. The van der Waals surface area contributed by atoms with Crippen molar-refractivity contribution in [3.05, 3.63) is 0 Å². The molecule has 2 atom stereocenters. The molecule has 1 rings (SSSR count). The normalized spacial score (nSPS) is 22.6. The smallest absolute Gasteiger partial charge is 0.223 e. The topological polar surface area (TPSA) is 55.6 Å². The molecule has 1 fully saturated rings. The lowest BCUT2D eigenvalue weighted by molar-refractivity contribution is -0.132. The molecule has 2 unspecified atom stereocenters. The summed E-state index contributed by atoms with van der Waals surface area (Å²) in [5.41, 5.74) is 6.03. The highest BCUT2D eigenvalue weighted by Crippen LogP contribution is 2.21. The maximum atomic E-state index is 12.1. The minimum atomic E-state index is -0.0879. The third-order valence-electron chi connectivity index (χ3n) is 3.72. The molecule has 0 bridgehead atoms. The number of ether oxygens (including phenoxy) is 1. The molecular formula is C14H28N2O2. The van der Waals surface area contributed by atoms with Crippen LogP contribution in [0.3, 0.4) is 0 Å². The molecule has 0 aromatic heterocycles. The van der Waals surface area contributed by atoms with Crippen LogP contribution in [0.1, 0.15) is 40.0 Å². The van der Waals surface area contributed by atoms with E-state index in [4.69, 9.17) is 10.5 Å². The van der Waals surface area contributed by atoms with Gasteiger partial charge in [-0.15, -0.1) is 0 Å². The third-order valence-corrected chi connectivity index (χ3v) is 3.72. The lowest BCUT2D eigenvalue weighted by Gasteiger charge is -2.30. The molecule has 1 aliphatic heterocycles. The third kappa shape index (κ3) is 4.94. The summed E-state index contributed by atoms with van der Waals surface area (Å²) in [7, 11) is 1.87. The van der Waals surface area contributed by atoms with Gasteiger partial charge in [0.25, 0.3) is 0 Å². The zero-order chi connectivity index (χ0) is 13.8. The van der Waals surface area contributed by atoms with E-state index in [0.717, 1.165) is 32.6 Å². The molecule has 0 radical (unpaired) electrons. The Morgan fingerprint density at radius 2 is 2.17 bits per heavy atom. The second-order valence-electron chi connectivity index (χ2n) is 6.53. The first-order chi connectivity index (χ1) is 8.30. The highest BCUT2D eigenvalue weighted by molar-refractivity contribution is 5.76. The Kier molecular flexibility index (Phi) is 5.60. The molecule has 0 aliphatic carbocycles. The van der Waals surface area contributed by atoms with Crippen molar-refractivity contribution in [3.63, 3.8) is 0 Å². The summed E-state index contributed by atoms with van der Waals surface area (Å²) in [5, 5.41) is 0. The first-order valence-electron chi connectivity index (χ1n) is 6.88. The Morgan fingerprint density at radius 3 is 2.67 bits per heavy atom. The Morgan fingerprint density at radius 1 is 1.50 bits per heavy atom. The van der Waals surface area contributed by atoms with Crippen LogP contribution in [-0.2, 0) is 9.53 Å². The van der Waals surface area contributed by atoms with Crippen molar-refractivity contribution >= 4 is 5.91 Å². The summed E-state index contributed by atoms with van der Waals surface area (Å²) in [6.45, 7) is 8.64. The molecule has 4 heteroatoms. The van der Waals surface area contributed by atoms with E-state index in [9.17, 15) is 4.79 Å². The largest absolute Gasteiger partial charge is 0.381 e. The second kappa shape index (κ2) is 6.53. The van der Waals surface area contributed by atoms with E-state index in [0.29, 0.717) is 12.3 Å². The minimum absolute atomic E-state index is 0.0234. The number of hydrogen-bond acceptors (Lipinski definition) is 3. The summed E-state index contributed by atoms with van der Waals surface area (Å²) in [5.74, 6) is 0.626. The lowest BCUT2D eigenvalue weighted by Crippen LogP contribution is -2.42. The fourth-order valence-corrected chi connectivity index (χ4v) is 2.09. The van der Waals surface area contributed by atoms with Crippen molar-refractivity contribution in [2.75, 3.05) is 26.8 Å². The van der Waals surface area contributed by atoms with Gasteiger partial charge in [-0.3, -0.25) is 4.79 Å². The number of nitrogens with zero attached hydrogens (tertiary/aromatic N) is 1. The zero-order valence-corrected chi connectivity index (χ0v) is 12.2. The number of nitrogens with two attached hydrogens (primary N) is 1. The van der Waals surface area contributed by atoms with Crippen LogP contribution >= 0.6 is 0 Å². The molecule has 1 saturated heterocycles. The van der Waals surface area contributed by atoms with Crippen molar-refractivity contribution in [3.8, 4) is 0 Å². The van der Waals surface area contributed by atoms with Gasteiger partial charge in [0.2, 0.25) is 5.91 Å². The first-order valence-corrected chi connectivity index (χ1v) is 6.88. The minimum Gasteiger partial charge on any atom is -0.381 e. The van der Waals surface area contributed by atoms with Gasteiger partial charge in [0.15, 0.2) is 0 Å². The van der Waals surface area contributed by atoms with Crippen molar-refractivity contribution in [2.24, 2.45) is 17.1 Å². The number of rotatable bonds is 4. The van der Waals surface area contributed by atoms with Crippen LogP contribution in [0, 0.1) is 11.3 Å². The van der Waals surface area contributed by atoms with E-state index in [1.165, 1.54) is 0 Å². The predicted octanol–water partition coefficient (Wildman–Crippen LogP) is 1.63. The van der Waals surface area contributed by atoms with Crippen molar-refractivity contribution < 1.29 is 9.53 Å². The number of hydrogen-bond donors (Lipinski definition) is 1. The second-order valence-corrected chi connectivity index (χ2v) is 6.53. The van der Waals surface area contributed by atoms with Gasteiger partial charge in [0, 0.05) is 32.7 Å². The van der Waals surface area contributed by atoms with Gasteiger partial charge < -0.3 is 15.4 Å². The Balaban J connectivity index is 2.36. The van der Waals surface area contributed by atoms with E-state index in [-0.39, 0.29) is 17.4 Å². The maximum Gasteiger partial charge on any atom is 0.223 e. The average molecular weight is 256 g/mol. The highest BCUT2D eigenvalue weighted by Gasteiger charge is 2.25. The molecular weight excluding hydrogens is 228 g/mol. The van der Waals surface area contributed by atoms with Gasteiger partial charge in [-0.05, 0) is 24.2 Å². The number of amides is 1. The molecule has 0 aromatic carbocycles. The summed E-state index contributed by atoms with van der Waals surface area (Å²) in [6.07, 6.45) is 2.69. The monoisotopic (exact) mass is 256 g/mol. The highest BCUT2D eigenvalue weighted by atomic mass is 16.5. The van der Waals surface area contributed by atoms with Crippen molar-refractivity contribution in [2.45, 2.75) is 46.1 Å². The fourth-order valence-electron chi connectivity index (χ4n) is 2.09. The van der Waals surface area contributed by atoms with E-state index in [1.807, 2.05) is 11.9 Å². The summed E-state index contributed by atoms with van der Waals surface area (Å²) in [4.78, 5) is 13.9. The Bertz CT molecular complexity index is 267. The summed E-state index contributed by atoms with van der Waals surface area (Å²) >= 11 is 0. The Hall–Kier alpha value is -0.610. The van der Waals surface area contributed by atoms with E-state index >= 15 is 0 Å². The van der Waals surface area contributed by atoms with Crippen LogP contribution in [0.25, 0.3) is 0 Å². The molecule has 0 spiro atoms. The average Bonchev–Trinajstić information content (AvgIpc) is 2.28. The molecule has 1 aliphatic rings. The maximum absolute atomic E-state index is 12.1. The van der Waals surface area contributed by atoms with Crippen LogP contribution in [0.5, 0.6) is 0 Å². The van der Waals surface area contributed by atoms with Gasteiger partial charge in [-0.2, -0.15) is 0 Å². The van der Waals surface area contributed by atoms with Gasteiger partial charge in [0.05, 0.1) is 6.61 Å². The number of carbonyl (C=O) groups excluding carboxylic acids is 1. The SMILES string of the molecule is CN(CC1CCCOC1)C(=O)CC(N)C(C)(C)C. The van der Waals surface area contributed by atoms with E-state index in [1.54, 1.807) is 0 Å². The van der Waals surface area contributed by atoms with Crippen LogP contribution in [-0.4, -0.2) is 43.7 Å². The summed E-state index contributed by atoms with van der Waals surface area (Å²) in [6, 6.07) is -0.0879. The van der Waals surface area contributed by atoms with Crippen LogP contribution in [0.2, 0.25) is 0 Å². The lowest BCUT2D eigenvalue weighted by atomic mass is 9.85. The van der Waals surface area contributed by atoms with Crippen LogP contribution in [0.15, 0.2) is 0 Å². The summed E-state index contributed by atoms with van der Waals surface area (Å²) < 4.78 is 5.44. The predicted molar refractivity (Wildman–Crippen MR) is 73.2 cm³/mol. The standard InChI is InChI=1S/C14H28N2O2/c1-14(2,3)12(15)8-13(17)16(4)9-11-6-5-7-18-10-11/h11-12H,5-10,15H2,1-4H3. The quantitative estimate of drug-likeness (QED) is 0.832. The molecule has 1 amide bonds. The molecule has 18 heavy (non-hydrogen) atoms. The molecule has 106 valence electrons. The molecule has 1 heterocycles. The van der Waals surface area contributed by atoms with Gasteiger partial charge in [0.1, 0.15) is 0 Å². The molecule has 2 N–H and O–H groups in total. The van der Waals surface area contributed by atoms with Gasteiger partial charge in [-0.25, -0.2) is 0 Å². The van der Waals surface area contributed by atoms with Crippen molar-refractivity contribution in [1.82, 2.24) is 4.90 Å². The van der Waals surface area contributed by atoms with E-state index in [2.05, 4.69) is 20.8 Å². The Labute approximate surface area is 111 Å². The fraction of sp³-hybridized carbons (Fsp3) is 0.929. The zero-order valence-electron chi connectivity index (χ0n) is 12.2. The van der Waals surface area contributed by atoms with Gasteiger partial charge in [-0.1, -0.05) is 20.8 Å². The van der Waals surface area contributed by atoms with Crippen LogP contribution in [0.4, 0.5) is 0 Å². The van der Waals surface area contributed by atoms with Gasteiger partial charge >= 0.3 is 0 Å². The molecule has 0 saturated carbocycles.